The van der Waals surface area contributed by atoms with Crippen LogP contribution in [0.4, 0.5) is 0 Å². The smallest absolute Gasteiger partial charge is 0.148 e. The molecule has 0 aliphatic carbocycles. The van der Waals surface area contributed by atoms with Gasteiger partial charge in [-0.2, -0.15) is 0 Å². The first-order valence-corrected chi connectivity index (χ1v) is 8.52. The molecule has 0 spiro atoms. The molecular formula is C17H18BrNOS. The number of ether oxygens (including phenoxy) is 1. The molecule has 1 aromatic heterocycles. The van der Waals surface area contributed by atoms with Gasteiger partial charge in [0, 0.05) is 28.0 Å². The van der Waals surface area contributed by atoms with Crippen LogP contribution in [0.15, 0.2) is 34.1 Å². The third-order valence-corrected chi connectivity index (χ3v) is 4.61. The lowest BCUT2D eigenvalue weighted by molar-refractivity contribution is 0.364. The van der Waals surface area contributed by atoms with Crippen LogP contribution >= 0.6 is 27.3 Å². The summed E-state index contributed by atoms with van der Waals surface area (Å²) in [6.45, 7) is 4.10. The molecule has 1 heterocycles. The van der Waals surface area contributed by atoms with E-state index in [0.29, 0.717) is 6.61 Å². The fourth-order valence-electron chi connectivity index (χ4n) is 2.09. The molecule has 0 bridgehead atoms. The molecule has 0 amide bonds. The highest BCUT2D eigenvalue weighted by molar-refractivity contribution is 9.10. The van der Waals surface area contributed by atoms with Gasteiger partial charge in [0.1, 0.15) is 12.4 Å². The number of thiophene rings is 1. The van der Waals surface area contributed by atoms with Crippen molar-refractivity contribution in [1.82, 2.24) is 5.32 Å². The van der Waals surface area contributed by atoms with E-state index in [9.17, 15) is 0 Å². The highest BCUT2D eigenvalue weighted by atomic mass is 79.9. The summed E-state index contributed by atoms with van der Waals surface area (Å²) in [6, 6.07) is 8.17. The average molecular weight is 364 g/mol. The first kappa shape index (κ1) is 16.1. The molecule has 21 heavy (non-hydrogen) atoms. The highest BCUT2D eigenvalue weighted by Crippen LogP contribution is 2.24. The monoisotopic (exact) mass is 363 g/mol. The number of aryl methyl sites for hydroxylation is 1. The maximum atomic E-state index is 5.58. The van der Waals surface area contributed by atoms with Crippen LogP contribution < -0.4 is 10.1 Å². The number of halogens is 1. The minimum atomic E-state index is 0.291. The Balaban J connectivity index is 1.99. The molecule has 0 saturated carbocycles. The maximum Gasteiger partial charge on any atom is 0.148 e. The minimum Gasteiger partial charge on any atom is -0.481 e. The van der Waals surface area contributed by atoms with Crippen molar-refractivity contribution in [3.05, 3.63) is 50.1 Å². The maximum absolute atomic E-state index is 5.58. The number of rotatable bonds is 7. The van der Waals surface area contributed by atoms with Gasteiger partial charge in [-0.25, -0.2) is 0 Å². The number of hydrogen-bond acceptors (Lipinski definition) is 3. The number of terminal acetylenes is 1. The molecule has 4 heteroatoms. The van der Waals surface area contributed by atoms with E-state index in [-0.39, 0.29) is 0 Å². The van der Waals surface area contributed by atoms with Gasteiger partial charge >= 0.3 is 0 Å². The first-order chi connectivity index (χ1) is 10.2. The van der Waals surface area contributed by atoms with Crippen molar-refractivity contribution in [2.24, 2.45) is 0 Å². The zero-order valence-corrected chi connectivity index (χ0v) is 14.4. The molecule has 0 atom stereocenters. The average Bonchev–Trinajstić information content (AvgIpc) is 2.94. The third-order valence-electron chi connectivity index (χ3n) is 3.15. The predicted octanol–water partition coefficient (Wildman–Crippen LogP) is 4.37. The summed E-state index contributed by atoms with van der Waals surface area (Å²) in [6.07, 6.45) is 6.33. The van der Waals surface area contributed by atoms with E-state index in [1.165, 1.54) is 10.4 Å². The van der Waals surface area contributed by atoms with Crippen LogP contribution in [0, 0.1) is 12.3 Å². The van der Waals surface area contributed by atoms with Crippen LogP contribution in [-0.2, 0) is 19.5 Å². The SMILES string of the molecule is C#CCOc1ccc(Br)cc1CNCc1sccc1CC. The molecule has 1 N–H and O–H groups in total. The molecule has 1 aromatic carbocycles. The van der Waals surface area contributed by atoms with Gasteiger partial charge in [0.25, 0.3) is 0 Å². The van der Waals surface area contributed by atoms with Crippen molar-refractivity contribution in [2.75, 3.05) is 6.61 Å². The summed E-state index contributed by atoms with van der Waals surface area (Å²) in [5, 5.41) is 5.63. The van der Waals surface area contributed by atoms with E-state index in [0.717, 1.165) is 35.3 Å². The van der Waals surface area contributed by atoms with E-state index >= 15 is 0 Å². The molecule has 0 aliphatic rings. The second-order valence-corrected chi connectivity index (χ2v) is 6.49. The normalized spacial score (nSPS) is 10.3. The lowest BCUT2D eigenvalue weighted by atomic mass is 10.2. The van der Waals surface area contributed by atoms with Crippen molar-refractivity contribution in [2.45, 2.75) is 26.4 Å². The zero-order valence-electron chi connectivity index (χ0n) is 12.0. The van der Waals surface area contributed by atoms with E-state index in [4.69, 9.17) is 11.2 Å². The Hall–Kier alpha value is -1.28. The van der Waals surface area contributed by atoms with Gasteiger partial charge in [0.05, 0.1) is 0 Å². The fraction of sp³-hybridized carbons (Fsp3) is 0.294. The van der Waals surface area contributed by atoms with Gasteiger partial charge in [-0.3, -0.25) is 0 Å². The van der Waals surface area contributed by atoms with Crippen LogP contribution in [0.3, 0.4) is 0 Å². The van der Waals surface area contributed by atoms with Gasteiger partial charge in [-0.05, 0) is 41.6 Å². The third kappa shape index (κ3) is 4.60. The van der Waals surface area contributed by atoms with Crippen molar-refractivity contribution in [3.63, 3.8) is 0 Å². The summed E-state index contributed by atoms with van der Waals surface area (Å²) in [5.74, 6) is 3.34. The summed E-state index contributed by atoms with van der Waals surface area (Å²) in [4.78, 5) is 1.40. The number of benzene rings is 1. The number of nitrogens with one attached hydrogen (secondary N) is 1. The van der Waals surface area contributed by atoms with E-state index < -0.39 is 0 Å². The topological polar surface area (TPSA) is 21.3 Å². The van der Waals surface area contributed by atoms with Crippen molar-refractivity contribution in [3.8, 4) is 18.1 Å². The van der Waals surface area contributed by atoms with E-state index in [1.54, 1.807) is 11.3 Å². The molecule has 0 fully saturated rings. The number of hydrogen-bond donors (Lipinski definition) is 1. The summed E-state index contributed by atoms with van der Waals surface area (Å²) in [5.41, 5.74) is 2.53. The quantitative estimate of drug-likeness (QED) is 0.737. The lowest BCUT2D eigenvalue weighted by Crippen LogP contribution is -2.14. The van der Waals surface area contributed by atoms with Gasteiger partial charge in [0.2, 0.25) is 0 Å². The molecule has 0 saturated heterocycles. The van der Waals surface area contributed by atoms with Crippen LogP contribution in [0.1, 0.15) is 22.9 Å². The molecule has 0 unspecified atom stereocenters. The van der Waals surface area contributed by atoms with Gasteiger partial charge in [-0.1, -0.05) is 28.8 Å². The first-order valence-electron chi connectivity index (χ1n) is 6.85. The Labute approximate surface area is 138 Å². The molecular weight excluding hydrogens is 346 g/mol. The lowest BCUT2D eigenvalue weighted by Gasteiger charge is -2.11. The molecule has 0 radical (unpaired) electrons. The van der Waals surface area contributed by atoms with Crippen LogP contribution in [0.2, 0.25) is 0 Å². The summed E-state index contributed by atoms with van der Waals surface area (Å²) >= 11 is 5.30. The van der Waals surface area contributed by atoms with Gasteiger partial charge in [-0.15, -0.1) is 17.8 Å². The van der Waals surface area contributed by atoms with E-state index in [1.807, 2.05) is 12.1 Å². The Kier molecular flexibility index (Phi) is 6.31. The van der Waals surface area contributed by atoms with Gasteiger partial charge < -0.3 is 10.1 Å². The Bertz CT molecular complexity index is 630. The molecule has 2 nitrogen and oxygen atoms in total. The van der Waals surface area contributed by atoms with Gasteiger partial charge in [0.15, 0.2) is 0 Å². The fourth-order valence-corrected chi connectivity index (χ4v) is 3.45. The molecule has 2 rings (SSSR count). The van der Waals surface area contributed by atoms with Crippen LogP contribution in [-0.4, -0.2) is 6.61 Å². The minimum absolute atomic E-state index is 0.291. The summed E-state index contributed by atoms with van der Waals surface area (Å²) in [7, 11) is 0. The summed E-state index contributed by atoms with van der Waals surface area (Å²) < 4.78 is 6.62. The van der Waals surface area contributed by atoms with Crippen molar-refractivity contribution in [1.29, 1.82) is 0 Å². The molecule has 2 aromatic rings. The van der Waals surface area contributed by atoms with Crippen molar-refractivity contribution < 1.29 is 4.74 Å². The Morgan fingerprint density at radius 1 is 1.29 bits per heavy atom. The standard InChI is InChI=1S/C17H18BrNOS/c1-3-8-20-16-6-5-15(18)10-14(16)11-19-12-17-13(4-2)7-9-21-17/h1,5-7,9-10,19H,4,8,11-12H2,2H3. The second kappa shape index (κ2) is 8.23. The largest absolute Gasteiger partial charge is 0.481 e. The predicted molar refractivity (Wildman–Crippen MR) is 92.7 cm³/mol. The highest BCUT2D eigenvalue weighted by Gasteiger charge is 2.06. The van der Waals surface area contributed by atoms with Crippen LogP contribution in [0.5, 0.6) is 5.75 Å². The van der Waals surface area contributed by atoms with Crippen molar-refractivity contribution >= 4 is 27.3 Å². The molecule has 0 aliphatic heterocycles. The Morgan fingerprint density at radius 2 is 2.14 bits per heavy atom. The van der Waals surface area contributed by atoms with Crippen LogP contribution in [0.25, 0.3) is 0 Å². The zero-order chi connectivity index (χ0) is 15.1. The van der Waals surface area contributed by atoms with E-state index in [2.05, 4.69) is 51.6 Å². The Morgan fingerprint density at radius 3 is 2.90 bits per heavy atom. The molecule has 110 valence electrons. The second-order valence-electron chi connectivity index (χ2n) is 4.57.